The number of hydrogen-bond donors (Lipinski definition) is 0. The number of carbonyl (C=O) groups is 2. The topological polar surface area (TPSA) is 66.0 Å². The van der Waals surface area contributed by atoms with E-state index in [1.54, 1.807) is 25.2 Å². The van der Waals surface area contributed by atoms with Crippen LogP contribution in [0.1, 0.15) is 16.8 Å². The molecular formula is C25H23F3N4O3. The maximum absolute atomic E-state index is 14.7. The molecule has 0 unspecified atom stereocenters. The summed E-state index contributed by atoms with van der Waals surface area (Å²) >= 11 is 0. The Morgan fingerprint density at radius 3 is 2.66 bits per heavy atom. The van der Waals surface area contributed by atoms with E-state index in [2.05, 4.69) is 4.98 Å². The lowest BCUT2D eigenvalue weighted by Crippen LogP contribution is -2.55. The summed E-state index contributed by atoms with van der Waals surface area (Å²) in [4.78, 5) is 33.9. The number of piperidine rings is 1. The van der Waals surface area contributed by atoms with Gasteiger partial charge in [-0.05, 0) is 30.3 Å². The fourth-order valence-corrected chi connectivity index (χ4v) is 4.34. The minimum absolute atomic E-state index is 0.0208. The average molecular weight is 484 g/mol. The quantitative estimate of drug-likeness (QED) is 0.558. The molecule has 0 N–H and O–H groups in total. The number of halogens is 3. The number of pyridine rings is 1. The highest BCUT2D eigenvalue weighted by molar-refractivity contribution is 5.98. The van der Waals surface area contributed by atoms with Crippen LogP contribution in [0.15, 0.2) is 54.6 Å². The zero-order chi connectivity index (χ0) is 24.7. The van der Waals surface area contributed by atoms with Gasteiger partial charge < -0.3 is 14.5 Å². The van der Waals surface area contributed by atoms with E-state index in [4.69, 9.17) is 4.74 Å². The Balaban J connectivity index is 1.37. The summed E-state index contributed by atoms with van der Waals surface area (Å²) in [5, 5.41) is 0.838. The van der Waals surface area contributed by atoms with Crippen LogP contribution in [0.3, 0.4) is 0 Å². The number of amides is 3. The maximum atomic E-state index is 14.7. The highest BCUT2D eigenvalue weighted by Gasteiger charge is 2.47. The maximum Gasteiger partial charge on any atom is 0.324 e. The number of nitrogens with zero attached hydrogens (tertiary/aromatic N) is 4. The van der Waals surface area contributed by atoms with E-state index in [-0.39, 0.29) is 24.0 Å². The van der Waals surface area contributed by atoms with E-state index in [0.717, 1.165) is 16.4 Å². The fraction of sp³-hybridized carbons (Fsp3) is 0.320. The van der Waals surface area contributed by atoms with Crippen molar-refractivity contribution in [1.29, 1.82) is 0 Å². The number of benzene rings is 2. The molecule has 5 rings (SSSR count). The summed E-state index contributed by atoms with van der Waals surface area (Å²) in [5.74, 6) is -4.70. The van der Waals surface area contributed by atoms with Crippen LogP contribution in [0.4, 0.5) is 23.7 Å². The predicted molar refractivity (Wildman–Crippen MR) is 123 cm³/mol. The van der Waals surface area contributed by atoms with Crippen molar-refractivity contribution in [2.45, 2.75) is 18.4 Å². The molecular weight excluding hydrogens is 461 g/mol. The van der Waals surface area contributed by atoms with Gasteiger partial charge in [-0.25, -0.2) is 22.9 Å². The number of carbonyl (C=O) groups excluding carboxylic acids is 2. The first-order valence-corrected chi connectivity index (χ1v) is 11.2. The summed E-state index contributed by atoms with van der Waals surface area (Å²) in [6, 6.07) is 14.0. The molecule has 10 heteroatoms. The number of likely N-dealkylation sites (N-methyl/N-ethyl adjacent to an activating group) is 1. The molecule has 0 spiro atoms. The van der Waals surface area contributed by atoms with Gasteiger partial charge in [-0.1, -0.05) is 18.2 Å². The highest BCUT2D eigenvalue weighted by Crippen LogP contribution is 2.33. The van der Waals surface area contributed by atoms with Crippen molar-refractivity contribution in [2.75, 3.05) is 38.1 Å². The zero-order valence-corrected chi connectivity index (χ0v) is 19.0. The first kappa shape index (κ1) is 22.9. The second-order valence-corrected chi connectivity index (χ2v) is 8.73. The van der Waals surface area contributed by atoms with Crippen molar-refractivity contribution in [3.8, 4) is 5.88 Å². The molecule has 3 amide bonds. The van der Waals surface area contributed by atoms with Crippen LogP contribution in [0.5, 0.6) is 5.88 Å². The molecule has 1 aromatic heterocycles. The van der Waals surface area contributed by atoms with Gasteiger partial charge >= 0.3 is 6.03 Å². The summed E-state index contributed by atoms with van der Waals surface area (Å²) in [6.07, 6.45) is -2.28. The van der Waals surface area contributed by atoms with Gasteiger partial charge in [0.1, 0.15) is 5.82 Å². The van der Waals surface area contributed by atoms with E-state index in [1.165, 1.54) is 28.0 Å². The summed E-state index contributed by atoms with van der Waals surface area (Å²) in [6.45, 7) is 0.211. The molecule has 0 radical (unpaired) electrons. The van der Waals surface area contributed by atoms with Gasteiger partial charge in [-0.15, -0.1) is 0 Å². The summed E-state index contributed by atoms with van der Waals surface area (Å²) in [7, 11) is 1.65. The van der Waals surface area contributed by atoms with Crippen molar-refractivity contribution in [3.63, 3.8) is 0 Å². The Hall–Kier alpha value is -3.82. The number of alkyl halides is 2. The number of urea groups is 1. The van der Waals surface area contributed by atoms with Crippen LogP contribution in [0, 0.1) is 5.82 Å². The van der Waals surface area contributed by atoms with Crippen LogP contribution >= 0.6 is 0 Å². The average Bonchev–Trinajstić information content (AvgIpc) is 3.18. The fourth-order valence-electron chi connectivity index (χ4n) is 4.34. The van der Waals surface area contributed by atoms with Crippen molar-refractivity contribution < 1.29 is 27.5 Å². The van der Waals surface area contributed by atoms with Gasteiger partial charge in [-0.3, -0.25) is 9.69 Å². The zero-order valence-electron chi connectivity index (χ0n) is 19.0. The number of hydrogen-bond acceptors (Lipinski definition) is 4. The van der Waals surface area contributed by atoms with E-state index >= 15 is 0 Å². The molecule has 2 aliphatic rings. The number of likely N-dealkylation sites (tertiary alicyclic amines) is 1. The molecule has 0 saturated carbocycles. The van der Waals surface area contributed by atoms with Crippen LogP contribution in [-0.2, 0) is 0 Å². The van der Waals surface area contributed by atoms with E-state index in [0.29, 0.717) is 24.3 Å². The summed E-state index contributed by atoms with van der Waals surface area (Å²) in [5.41, 5.74) is 0.690. The van der Waals surface area contributed by atoms with Crippen molar-refractivity contribution >= 4 is 28.5 Å². The monoisotopic (exact) mass is 484 g/mol. The van der Waals surface area contributed by atoms with E-state index < -0.39 is 36.7 Å². The van der Waals surface area contributed by atoms with Crippen LogP contribution in [0.2, 0.25) is 0 Å². The van der Waals surface area contributed by atoms with Gasteiger partial charge in [0, 0.05) is 50.2 Å². The Bertz CT molecular complexity index is 1300. The molecule has 1 atom stereocenters. The minimum Gasteiger partial charge on any atom is -0.466 e. The Labute approximate surface area is 199 Å². The molecule has 0 bridgehead atoms. The second-order valence-electron chi connectivity index (χ2n) is 8.73. The van der Waals surface area contributed by atoms with Gasteiger partial charge in [-0.2, -0.15) is 0 Å². The largest absolute Gasteiger partial charge is 0.466 e. The third kappa shape index (κ3) is 4.36. The van der Waals surface area contributed by atoms with Crippen LogP contribution < -0.4 is 9.64 Å². The Kier molecular flexibility index (Phi) is 5.74. The van der Waals surface area contributed by atoms with Gasteiger partial charge in [0.2, 0.25) is 5.88 Å². The first-order valence-electron chi connectivity index (χ1n) is 11.2. The normalized spacial score (nSPS) is 19.9. The molecule has 0 aliphatic carbocycles. The molecule has 7 nitrogen and oxygen atoms in total. The Morgan fingerprint density at radius 1 is 1.09 bits per heavy atom. The molecule has 2 fully saturated rings. The number of ether oxygens (including phenoxy) is 1. The molecule has 35 heavy (non-hydrogen) atoms. The van der Waals surface area contributed by atoms with Crippen LogP contribution in [0.25, 0.3) is 10.9 Å². The Morgan fingerprint density at radius 2 is 1.89 bits per heavy atom. The number of rotatable bonds is 4. The van der Waals surface area contributed by atoms with E-state index in [9.17, 15) is 22.8 Å². The molecule has 2 saturated heterocycles. The number of aromatic nitrogens is 1. The van der Waals surface area contributed by atoms with Gasteiger partial charge in [0.25, 0.3) is 11.8 Å². The molecule has 2 aliphatic heterocycles. The second kappa shape index (κ2) is 8.75. The third-order valence-electron chi connectivity index (χ3n) is 6.40. The molecule has 182 valence electrons. The number of fused-ring (bicyclic) bond motifs is 1. The minimum atomic E-state index is -3.20. The number of para-hydroxylation sites is 1. The summed E-state index contributed by atoms with van der Waals surface area (Å²) < 4.78 is 49.6. The highest BCUT2D eigenvalue weighted by atomic mass is 19.3. The van der Waals surface area contributed by atoms with Crippen molar-refractivity contribution in [1.82, 2.24) is 14.8 Å². The molecule has 3 aromatic rings. The lowest BCUT2D eigenvalue weighted by atomic mass is 10.0. The molecule has 2 aromatic carbocycles. The van der Waals surface area contributed by atoms with E-state index in [1.807, 2.05) is 12.1 Å². The number of anilines is 1. The lowest BCUT2D eigenvalue weighted by Gasteiger charge is -2.38. The van der Waals surface area contributed by atoms with Gasteiger partial charge in [0.15, 0.2) is 6.10 Å². The van der Waals surface area contributed by atoms with Gasteiger partial charge in [0.05, 0.1) is 17.6 Å². The lowest BCUT2D eigenvalue weighted by molar-refractivity contribution is -0.131. The van der Waals surface area contributed by atoms with Crippen molar-refractivity contribution in [2.24, 2.45) is 0 Å². The smallest absolute Gasteiger partial charge is 0.324 e. The SMILES string of the molecule is CN1CCN(c2ccc(F)c(C(=O)N3CCC(F)(F)[C@@H](Oc4ccc5ccccc5n4)C3)c2)C1=O. The molecule has 3 heterocycles. The first-order chi connectivity index (χ1) is 16.7. The predicted octanol–water partition coefficient (Wildman–Crippen LogP) is 4.17. The standard InChI is InChI=1S/C25H23F3N4O3/c1-30-12-13-32(24(30)34)17-7-8-19(26)18(14-17)23(33)31-11-10-25(27,28)21(15-31)35-22-9-6-16-4-2-3-5-20(16)29-22/h2-9,14,21H,10-13,15H2,1H3/t21-/m0/s1. The van der Waals surface area contributed by atoms with Crippen LogP contribution in [-0.4, -0.2) is 72.0 Å². The third-order valence-corrected chi connectivity index (χ3v) is 6.40. The van der Waals surface area contributed by atoms with Crippen molar-refractivity contribution in [3.05, 3.63) is 66.0 Å².